The van der Waals surface area contributed by atoms with Crippen molar-refractivity contribution < 1.29 is 4.79 Å². The predicted molar refractivity (Wildman–Crippen MR) is 75.0 cm³/mol. The van der Waals surface area contributed by atoms with Crippen molar-refractivity contribution in [1.82, 2.24) is 4.90 Å². The third-order valence-electron chi connectivity index (χ3n) is 3.97. The number of nitrogens with zero attached hydrogens (tertiary/aromatic N) is 2. The van der Waals surface area contributed by atoms with Crippen LogP contribution in [0.5, 0.6) is 0 Å². The highest BCUT2D eigenvalue weighted by Crippen LogP contribution is 2.29. The van der Waals surface area contributed by atoms with Gasteiger partial charge in [-0.3, -0.25) is 4.79 Å². The third kappa shape index (κ3) is 3.73. The average Bonchev–Trinajstić information content (AvgIpc) is 2.41. The number of amides is 1. The molecule has 0 aromatic carbocycles. The normalized spacial score (nSPS) is 12.9. The van der Waals surface area contributed by atoms with Crippen molar-refractivity contribution in [1.29, 1.82) is 5.26 Å². The molecule has 1 atom stereocenters. The number of unbranched alkanes of at least 4 members (excludes halogenated alkanes) is 1. The maximum Gasteiger partial charge on any atom is 0.243 e. The van der Waals surface area contributed by atoms with Crippen LogP contribution in [0.3, 0.4) is 0 Å². The first-order chi connectivity index (χ1) is 8.52. The zero-order valence-corrected chi connectivity index (χ0v) is 12.6. The molecule has 0 fully saturated rings. The van der Waals surface area contributed by atoms with Crippen LogP contribution in [-0.4, -0.2) is 23.4 Å². The van der Waals surface area contributed by atoms with E-state index in [2.05, 4.69) is 26.8 Å². The van der Waals surface area contributed by atoms with Gasteiger partial charge in [0.25, 0.3) is 0 Å². The van der Waals surface area contributed by atoms with E-state index in [0.717, 1.165) is 25.8 Å². The summed E-state index contributed by atoms with van der Waals surface area (Å²) in [5, 5.41) is 9.38. The summed E-state index contributed by atoms with van der Waals surface area (Å²) in [6.45, 7) is 10.9. The third-order valence-corrected chi connectivity index (χ3v) is 3.97. The van der Waals surface area contributed by atoms with Crippen molar-refractivity contribution in [2.75, 3.05) is 6.54 Å². The lowest BCUT2D eigenvalue weighted by atomic mass is 9.82. The fourth-order valence-electron chi connectivity index (χ4n) is 2.10. The van der Waals surface area contributed by atoms with Gasteiger partial charge >= 0.3 is 0 Å². The molecule has 1 amide bonds. The predicted octanol–water partition coefficient (Wildman–Crippen LogP) is 3.74. The van der Waals surface area contributed by atoms with Gasteiger partial charge in [-0.05, 0) is 32.6 Å². The van der Waals surface area contributed by atoms with E-state index in [9.17, 15) is 10.1 Å². The van der Waals surface area contributed by atoms with E-state index in [0.29, 0.717) is 12.8 Å². The SMILES string of the molecule is CCCCN(C(=O)C(C#N)(CC)CC)C(C)CC. The molecule has 3 nitrogen and oxygen atoms in total. The topological polar surface area (TPSA) is 44.1 Å². The minimum Gasteiger partial charge on any atom is -0.339 e. The Hall–Kier alpha value is -1.04. The van der Waals surface area contributed by atoms with E-state index in [1.54, 1.807) is 0 Å². The van der Waals surface area contributed by atoms with Gasteiger partial charge in [0, 0.05) is 12.6 Å². The van der Waals surface area contributed by atoms with Crippen LogP contribution in [0, 0.1) is 16.7 Å². The maximum atomic E-state index is 12.7. The van der Waals surface area contributed by atoms with Crippen molar-refractivity contribution in [3.8, 4) is 6.07 Å². The standard InChI is InChI=1S/C15H28N2O/c1-6-10-11-17(13(5)7-2)14(18)15(8-3,9-4)12-16/h13H,6-11H2,1-5H3. The van der Waals surface area contributed by atoms with Gasteiger partial charge in [0.2, 0.25) is 5.91 Å². The van der Waals surface area contributed by atoms with Gasteiger partial charge in [-0.1, -0.05) is 34.1 Å². The zero-order valence-electron chi connectivity index (χ0n) is 12.6. The van der Waals surface area contributed by atoms with E-state index < -0.39 is 5.41 Å². The average molecular weight is 252 g/mol. The quantitative estimate of drug-likeness (QED) is 0.660. The van der Waals surface area contributed by atoms with E-state index in [4.69, 9.17) is 0 Å². The van der Waals surface area contributed by atoms with Crippen LogP contribution >= 0.6 is 0 Å². The first-order valence-corrected chi connectivity index (χ1v) is 7.25. The largest absolute Gasteiger partial charge is 0.339 e. The number of carbonyl (C=O) groups excluding carboxylic acids is 1. The minimum atomic E-state index is -0.822. The van der Waals surface area contributed by atoms with E-state index >= 15 is 0 Å². The molecule has 18 heavy (non-hydrogen) atoms. The summed E-state index contributed by atoms with van der Waals surface area (Å²) in [5.74, 6) is 0.0257. The fraction of sp³-hybridized carbons (Fsp3) is 0.867. The number of hydrogen-bond donors (Lipinski definition) is 0. The van der Waals surface area contributed by atoms with E-state index in [1.807, 2.05) is 18.7 Å². The summed E-state index contributed by atoms with van der Waals surface area (Å²) in [4.78, 5) is 14.6. The Morgan fingerprint density at radius 2 is 1.83 bits per heavy atom. The molecule has 3 heteroatoms. The molecule has 0 saturated heterocycles. The molecule has 1 unspecified atom stereocenters. The molecule has 0 N–H and O–H groups in total. The number of nitriles is 1. The Kier molecular flexibility index (Phi) is 7.66. The van der Waals surface area contributed by atoms with E-state index in [1.165, 1.54) is 0 Å². The molecule has 0 aliphatic carbocycles. The molecular weight excluding hydrogens is 224 g/mol. The maximum absolute atomic E-state index is 12.7. The lowest BCUT2D eigenvalue weighted by molar-refractivity contribution is -0.141. The summed E-state index contributed by atoms with van der Waals surface area (Å²) in [5.41, 5.74) is -0.822. The summed E-state index contributed by atoms with van der Waals surface area (Å²) >= 11 is 0. The Bertz CT molecular complexity index is 289. The molecule has 0 heterocycles. The second-order valence-electron chi connectivity index (χ2n) is 5.01. The highest BCUT2D eigenvalue weighted by Gasteiger charge is 2.39. The molecule has 0 radical (unpaired) electrons. The summed E-state index contributed by atoms with van der Waals surface area (Å²) in [6.07, 6.45) is 4.20. The first-order valence-electron chi connectivity index (χ1n) is 7.25. The molecule has 0 spiro atoms. The van der Waals surface area contributed by atoms with Gasteiger partial charge in [0.1, 0.15) is 5.41 Å². The second kappa shape index (κ2) is 8.13. The van der Waals surface area contributed by atoms with Crippen molar-refractivity contribution in [2.45, 2.75) is 72.8 Å². The van der Waals surface area contributed by atoms with E-state index in [-0.39, 0.29) is 11.9 Å². The second-order valence-corrected chi connectivity index (χ2v) is 5.01. The van der Waals surface area contributed by atoms with Crippen LogP contribution in [0.25, 0.3) is 0 Å². The smallest absolute Gasteiger partial charge is 0.243 e. The Balaban J connectivity index is 5.10. The minimum absolute atomic E-state index is 0.0257. The van der Waals surface area contributed by atoms with Gasteiger partial charge in [-0.15, -0.1) is 0 Å². The molecular formula is C15H28N2O. The van der Waals surface area contributed by atoms with Crippen molar-refractivity contribution in [3.63, 3.8) is 0 Å². The molecule has 104 valence electrons. The van der Waals surface area contributed by atoms with Gasteiger partial charge in [-0.25, -0.2) is 0 Å². The van der Waals surface area contributed by atoms with Crippen molar-refractivity contribution in [2.24, 2.45) is 5.41 Å². The Morgan fingerprint density at radius 3 is 2.17 bits per heavy atom. The Labute approximate surface area is 112 Å². The molecule has 0 aromatic rings. The number of hydrogen-bond acceptors (Lipinski definition) is 2. The van der Waals surface area contributed by atoms with Crippen LogP contribution in [0.1, 0.15) is 66.7 Å². The summed E-state index contributed by atoms with van der Waals surface area (Å²) in [7, 11) is 0. The van der Waals surface area contributed by atoms with Gasteiger partial charge in [-0.2, -0.15) is 5.26 Å². The molecule has 0 bridgehead atoms. The van der Waals surface area contributed by atoms with Crippen molar-refractivity contribution >= 4 is 5.91 Å². The number of carbonyl (C=O) groups is 1. The summed E-state index contributed by atoms with van der Waals surface area (Å²) < 4.78 is 0. The zero-order chi connectivity index (χ0) is 14.2. The molecule has 0 rings (SSSR count). The lowest BCUT2D eigenvalue weighted by Gasteiger charge is -2.35. The fourth-order valence-corrected chi connectivity index (χ4v) is 2.10. The van der Waals surface area contributed by atoms with Gasteiger partial charge in [0.15, 0.2) is 0 Å². The van der Waals surface area contributed by atoms with Crippen LogP contribution < -0.4 is 0 Å². The monoisotopic (exact) mass is 252 g/mol. The van der Waals surface area contributed by atoms with Gasteiger partial charge in [0.05, 0.1) is 6.07 Å². The van der Waals surface area contributed by atoms with Crippen LogP contribution in [0.15, 0.2) is 0 Å². The highest BCUT2D eigenvalue weighted by atomic mass is 16.2. The molecule has 0 aromatic heterocycles. The molecule has 0 saturated carbocycles. The van der Waals surface area contributed by atoms with Crippen LogP contribution in [-0.2, 0) is 4.79 Å². The van der Waals surface area contributed by atoms with Crippen LogP contribution in [0.2, 0.25) is 0 Å². The summed E-state index contributed by atoms with van der Waals surface area (Å²) in [6, 6.07) is 2.48. The van der Waals surface area contributed by atoms with Gasteiger partial charge < -0.3 is 4.90 Å². The molecule has 0 aliphatic heterocycles. The van der Waals surface area contributed by atoms with Crippen molar-refractivity contribution in [3.05, 3.63) is 0 Å². The highest BCUT2D eigenvalue weighted by molar-refractivity contribution is 5.85. The Morgan fingerprint density at radius 1 is 1.28 bits per heavy atom. The first kappa shape index (κ1) is 17.0. The lowest BCUT2D eigenvalue weighted by Crippen LogP contribution is -2.47. The van der Waals surface area contributed by atoms with Crippen LogP contribution in [0.4, 0.5) is 0 Å². The number of rotatable bonds is 8. The molecule has 0 aliphatic rings.